The Balaban J connectivity index is 1.76. The van der Waals surface area contributed by atoms with Gasteiger partial charge in [-0.25, -0.2) is 9.69 Å². The number of nitrogens with one attached hydrogen (secondary N) is 1. The average molecular weight is 466 g/mol. The molecule has 0 aromatic heterocycles. The highest BCUT2D eigenvalue weighted by Gasteiger charge is 2.37. The third-order valence-corrected chi connectivity index (χ3v) is 6.39. The lowest BCUT2D eigenvalue weighted by atomic mass is 9.88. The summed E-state index contributed by atoms with van der Waals surface area (Å²) in [6.07, 6.45) is 3.58. The van der Waals surface area contributed by atoms with Gasteiger partial charge in [-0.1, -0.05) is 17.7 Å². The van der Waals surface area contributed by atoms with Gasteiger partial charge in [-0.05, 0) is 74.4 Å². The molecule has 2 aromatic rings. The van der Waals surface area contributed by atoms with Gasteiger partial charge in [-0.3, -0.25) is 14.9 Å². The highest BCUT2D eigenvalue weighted by atomic mass is 35.5. The van der Waals surface area contributed by atoms with Crippen molar-refractivity contribution in [2.24, 2.45) is 0 Å². The number of barbiturate groups is 1. The summed E-state index contributed by atoms with van der Waals surface area (Å²) in [6.45, 7) is 6.24. The van der Waals surface area contributed by atoms with Gasteiger partial charge in [0.2, 0.25) is 0 Å². The quantitative estimate of drug-likeness (QED) is 0.527. The minimum atomic E-state index is -0.813. The Morgan fingerprint density at radius 3 is 2.39 bits per heavy atom. The fraction of sp³-hybridized carbons (Fsp3) is 0.240. The maximum absolute atomic E-state index is 13.2. The van der Waals surface area contributed by atoms with Crippen LogP contribution in [0.5, 0.6) is 5.75 Å². The second kappa shape index (κ2) is 8.08. The molecule has 2 heterocycles. The van der Waals surface area contributed by atoms with Gasteiger partial charge in [0.25, 0.3) is 11.8 Å². The van der Waals surface area contributed by atoms with E-state index in [1.165, 1.54) is 13.2 Å². The predicted octanol–water partition coefficient (Wildman–Crippen LogP) is 4.65. The number of carbonyl (C=O) groups is 3. The molecule has 0 saturated carbocycles. The molecular weight excluding hydrogens is 442 g/mol. The van der Waals surface area contributed by atoms with Crippen LogP contribution in [-0.2, 0) is 9.59 Å². The molecule has 8 heteroatoms. The first-order valence-corrected chi connectivity index (χ1v) is 10.7. The molecule has 0 spiro atoms. The van der Waals surface area contributed by atoms with Crippen LogP contribution in [-0.4, -0.2) is 37.5 Å². The van der Waals surface area contributed by atoms with E-state index in [1.807, 2.05) is 26.1 Å². The van der Waals surface area contributed by atoms with Gasteiger partial charge >= 0.3 is 6.03 Å². The average Bonchev–Trinajstić information content (AvgIpc) is 2.75. The number of methoxy groups -OCH3 is 1. The normalized spacial score (nSPS) is 18.8. The van der Waals surface area contributed by atoms with Crippen LogP contribution in [0.4, 0.5) is 16.2 Å². The van der Waals surface area contributed by atoms with Crippen molar-refractivity contribution in [2.75, 3.05) is 24.0 Å². The van der Waals surface area contributed by atoms with Gasteiger partial charge < -0.3 is 9.64 Å². The number of nitrogens with zero attached hydrogens (tertiary/aromatic N) is 2. The van der Waals surface area contributed by atoms with Crippen LogP contribution in [0.2, 0.25) is 5.02 Å². The van der Waals surface area contributed by atoms with Crippen LogP contribution in [0, 0.1) is 0 Å². The molecule has 0 aliphatic carbocycles. The standard InChI is InChI=1S/C25H24ClN3O4/c1-14-13-25(2,3)28(4)21-12-20(26)15(10-18(14)21)11-19-22(30)27-24(32)29(23(19)31)16-6-8-17(33-5)9-7-16/h6-13H,1-5H3,(H,27,30,32)/b19-11+. The van der Waals surface area contributed by atoms with Crippen molar-refractivity contribution in [1.82, 2.24) is 5.32 Å². The zero-order valence-electron chi connectivity index (χ0n) is 19.0. The largest absolute Gasteiger partial charge is 0.497 e. The summed E-state index contributed by atoms with van der Waals surface area (Å²) < 4.78 is 5.12. The Labute approximate surface area is 197 Å². The summed E-state index contributed by atoms with van der Waals surface area (Å²) >= 11 is 6.57. The Hall–Kier alpha value is -3.58. The number of carbonyl (C=O) groups excluding carboxylic acids is 3. The lowest BCUT2D eigenvalue weighted by Gasteiger charge is -2.40. The van der Waals surface area contributed by atoms with Gasteiger partial charge in [-0.2, -0.15) is 0 Å². The number of imide groups is 2. The number of urea groups is 1. The van der Waals surface area contributed by atoms with E-state index in [9.17, 15) is 14.4 Å². The fourth-order valence-electron chi connectivity index (χ4n) is 4.08. The first kappa shape index (κ1) is 22.6. The van der Waals surface area contributed by atoms with Gasteiger partial charge in [0.05, 0.1) is 18.3 Å². The number of ether oxygens (including phenoxy) is 1. The minimum Gasteiger partial charge on any atom is -0.497 e. The molecule has 2 aromatic carbocycles. The fourth-order valence-corrected chi connectivity index (χ4v) is 4.29. The molecule has 2 aliphatic heterocycles. The number of allylic oxidation sites excluding steroid dienone is 1. The molecule has 4 amide bonds. The van der Waals surface area contributed by atoms with E-state index in [2.05, 4.69) is 30.1 Å². The van der Waals surface area contributed by atoms with E-state index in [0.717, 1.165) is 21.7 Å². The highest BCUT2D eigenvalue weighted by molar-refractivity contribution is 6.40. The Morgan fingerprint density at radius 1 is 1.09 bits per heavy atom. The predicted molar refractivity (Wildman–Crippen MR) is 130 cm³/mol. The first-order valence-electron chi connectivity index (χ1n) is 10.4. The lowest BCUT2D eigenvalue weighted by molar-refractivity contribution is -0.122. The maximum atomic E-state index is 13.2. The number of rotatable bonds is 3. The first-order chi connectivity index (χ1) is 15.5. The van der Waals surface area contributed by atoms with Crippen molar-refractivity contribution in [3.63, 3.8) is 0 Å². The molecule has 33 heavy (non-hydrogen) atoms. The number of benzene rings is 2. The molecule has 1 N–H and O–H groups in total. The summed E-state index contributed by atoms with van der Waals surface area (Å²) in [4.78, 5) is 41.2. The zero-order chi connectivity index (χ0) is 24.1. The molecule has 0 atom stereocenters. The number of hydrogen-bond donors (Lipinski definition) is 1. The molecule has 0 unspecified atom stereocenters. The van der Waals surface area contributed by atoms with Crippen molar-refractivity contribution >= 4 is 52.5 Å². The Kier molecular flexibility index (Phi) is 5.54. The molecule has 4 rings (SSSR count). The molecule has 1 fully saturated rings. The minimum absolute atomic E-state index is 0.182. The van der Waals surface area contributed by atoms with Crippen molar-refractivity contribution in [3.05, 3.63) is 64.2 Å². The van der Waals surface area contributed by atoms with Gasteiger partial charge in [0, 0.05) is 23.3 Å². The monoisotopic (exact) mass is 465 g/mol. The lowest BCUT2D eigenvalue weighted by Crippen LogP contribution is -2.54. The van der Waals surface area contributed by atoms with Crippen LogP contribution in [0.25, 0.3) is 11.6 Å². The summed E-state index contributed by atoms with van der Waals surface area (Å²) in [5.41, 5.74) is 3.45. The smallest absolute Gasteiger partial charge is 0.335 e. The number of anilines is 2. The summed E-state index contributed by atoms with van der Waals surface area (Å²) in [6, 6.07) is 9.27. The van der Waals surface area contributed by atoms with E-state index in [-0.39, 0.29) is 11.1 Å². The van der Waals surface area contributed by atoms with Crippen molar-refractivity contribution in [3.8, 4) is 5.75 Å². The number of likely N-dealkylation sites (N-methyl/N-ethyl adjacent to an activating group) is 1. The van der Waals surface area contributed by atoms with E-state index in [1.54, 1.807) is 24.3 Å². The summed E-state index contributed by atoms with van der Waals surface area (Å²) in [5.74, 6) is -0.921. The van der Waals surface area contributed by atoms with Crippen LogP contribution < -0.4 is 19.9 Å². The SMILES string of the molecule is COc1ccc(N2C(=O)NC(=O)/C(=C\c3cc4c(cc3Cl)N(C)C(C)(C)C=C4C)C2=O)cc1. The zero-order valence-corrected chi connectivity index (χ0v) is 19.8. The topological polar surface area (TPSA) is 79.0 Å². The third kappa shape index (κ3) is 3.89. The molecule has 0 radical (unpaired) electrons. The molecular formula is C25H24ClN3O4. The van der Waals surface area contributed by atoms with Crippen LogP contribution in [0.3, 0.4) is 0 Å². The Bertz CT molecular complexity index is 1250. The Morgan fingerprint density at radius 2 is 1.76 bits per heavy atom. The number of halogens is 1. The second-order valence-corrected chi connectivity index (χ2v) is 8.99. The van der Waals surface area contributed by atoms with E-state index >= 15 is 0 Å². The van der Waals surface area contributed by atoms with Crippen LogP contribution in [0.15, 0.2) is 48.0 Å². The van der Waals surface area contributed by atoms with Gasteiger partial charge in [0.1, 0.15) is 11.3 Å². The number of amides is 4. The second-order valence-electron chi connectivity index (χ2n) is 8.59. The maximum Gasteiger partial charge on any atom is 0.335 e. The number of fused-ring (bicyclic) bond motifs is 1. The molecule has 2 aliphatic rings. The van der Waals surface area contributed by atoms with Crippen LogP contribution in [0.1, 0.15) is 31.9 Å². The van der Waals surface area contributed by atoms with Crippen LogP contribution >= 0.6 is 11.6 Å². The highest BCUT2D eigenvalue weighted by Crippen LogP contribution is 2.41. The number of hydrogen-bond acceptors (Lipinski definition) is 5. The van der Waals surface area contributed by atoms with Crippen molar-refractivity contribution < 1.29 is 19.1 Å². The van der Waals surface area contributed by atoms with E-state index in [0.29, 0.717) is 22.0 Å². The molecule has 0 bridgehead atoms. The summed E-state index contributed by atoms with van der Waals surface area (Å²) in [7, 11) is 3.51. The molecule has 170 valence electrons. The molecule has 1 saturated heterocycles. The van der Waals surface area contributed by atoms with Crippen molar-refractivity contribution in [2.45, 2.75) is 26.3 Å². The van der Waals surface area contributed by atoms with Gasteiger partial charge in [-0.15, -0.1) is 0 Å². The van der Waals surface area contributed by atoms with Crippen molar-refractivity contribution in [1.29, 1.82) is 0 Å². The van der Waals surface area contributed by atoms with E-state index in [4.69, 9.17) is 16.3 Å². The summed E-state index contributed by atoms with van der Waals surface area (Å²) in [5, 5.41) is 2.63. The van der Waals surface area contributed by atoms with E-state index < -0.39 is 17.8 Å². The molecule has 7 nitrogen and oxygen atoms in total. The van der Waals surface area contributed by atoms with Gasteiger partial charge in [0.15, 0.2) is 0 Å². The third-order valence-electron chi connectivity index (χ3n) is 6.07.